The van der Waals surface area contributed by atoms with Gasteiger partial charge in [0.2, 0.25) is 0 Å². The first kappa shape index (κ1) is 14.6. The smallest absolute Gasteiger partial charge is 0.339 e. The number of halogens is 2. The van der Waals surface area contributed by atoms with Gasteiger partial charge in [-0.25, -0.2) is 4.79 Å². The molecule has 0 fully saturated rings. The van der Waals surface area contributed by atoms with Crippen LogP contribution in [0.25, 0.3) is 0 Å². The average Bonchev–Trinajstić information content (AvgIpc) is 2.42. The Bertz CT molecular complexity index is 597. The van der Waals surface area contributed by atoms with Crippen molar-refractivity contribution in [1.29, 1.82) is 0 Å². The Morgan fingerprint density at radius 1 is 1.05 bits per heavy atom. The first-order valence-electron chi connectivity index (χ1n) is 5.41. The second kappa shape index (κ2) is 6.59. The molecule has 5 heteroatoms. The van der Waals surface area contributed by atoms with Gasteiger partial charge < -0.3 is 4.74 Å². The zero-order valence-electron chi connectivity index (χ0n) is 10.0. The molecule has 0 amide bonds. The van der Waals surface area contributed by atoms with Gasteiger partial charge in [0.15, 0.2) is 0 Å². The summed E-state index contributed by atoms with van der Waals surface area (Å²) in [7, 11) is 1.39. The summed E-state index contributed by atoms with van der Waals surface area (Å²) in [6.45, 7) is 0. The Kier molecular flexibility index (Phi) is 5.07. The minimum atomic E-state index is -0.332. The molecule has 0 radical (unpaired) electrons. The molecule has 0 saturated carbocycles. The molecule has 0 unspecified atom stereocenters. The zero-order valence-corrected chi connectivity index (χ0v) is 14.0. The van der Waals surface area contributed by atoms with Crippen molar-refractivity contribution in [2.45, 2.75) is 9.79 Å². The van der Waals surface area contributed by atoms with Crippen LogP contribution in [0.4, 0.5) is 0 Å². The van der Waals surface area contributed by atoms with Crippen LogP contribution in [0.5, 0.6) is 0 Å². The maximum atomic E-state index is 11.8. The van der Waals surface area contributed by atoms with Gasteiger partial charge in [0, 0.05) is 18.7 Å². The van der Waals surface area contributed by atoms with E-state index in [0.717, 1.165) is 18.7 Å². The van der Waals surface area contributed by atoms with Gasteiger partial charge in [0.05, 0.1) is 12.7 Å². The first-order chi connectivity index (χ1) is 9.10. The summed E-state index contributed by atoms with van der Waals surface area (Å²) in [4.78, 5) is 13.7. The Morgan fingerprint density at radius 2 is 1.68 bits per heavy atom. The van der Waals surface area contributed by atoms with Gasteiger partial charge in [-0.3, -0.25) is 0 Å². The predicted octanol–water partition coefficient (Wildman–Crippen LogP) is 5.15. The van der Waals surface area contributed by atoms with Crippen molar-refractivity contribution < 1.29 is 9.53 Å². The summed E-state index contributed by atoms with van der Waals surface area (Å²) in [5, 5.41) is 0. The van der Waals surface area contributed by atoms with Gasteiger partial charge in [0.1, 0.15) is 0 Å². The Labute approximate surface area is 132 Å². The predicted molar refractivity (Wildman–Crippen MR) is 83.7 cm³/mol. The van der Waals surface area contributed by atoms with Crippen molar-refractivity contribution >= 4 is 49.6 Å². The average molecular weight is 402 g/mol. The summed E-state index contributed by atoms with van der Waals surface area (Å²) in [6.07, 6.45) is 0. The van der Waals surface area contributed by atoms with Gasteiger partial charge in [-0.2, -0.15) is 0 Å². The number of ether oxygens (including phenoxy) is 1. The topological polar surface area (TPSA) is 26.3 Å². The molecule has 0 saturated heterocycles. The van der Waals surface area contributed by atoms with Crippen LogP contribution in [0.15, 0.2) is 61.2 Å². The largest absolute Gasteiger partial charge is 0.465 e. The second-order valence-corrected chi connectivity index (χ2v) is 6.63. The van der Waals surface area contributed by atoms with Crippen LogP contribution in [0.2, 0.25) is 0 Å². The normalized spacial score (nSPS) is 10.3. The third-order valence-corrected chi connectivity index (χ3v) is 4.49. The lowest BCUT2D eigenvalue weighted by atomic mass is 10.2. The van der Waals surface area contributed by atoms with Crippen LogP contribution in [0.3, 0.4) is 0 Å². The van der Waals surface area contributed by atoms with Crippen molar-refractivity contribution in [1.82, 2.24) is 0 Å². The van der Waals surface area contributed by atoms with E-state index in [2.05, 4.69) is 31.9 Å². The Balaban J connectivity index is 2.34. The van der Waals surface area contributed by atoms with E-state index in [1.165, 1.54) is 18.9 Å². The molecular formula is C14H10Br2O2S. The molecule has 0 atom stereocenters. The molecule has 0 aliphatic heterocycles. The van der Waals surface area contributed by atoms with E-state index in [4.69, 9.17) is 4.74 Å². The second-order valence-electron chi connectivity index (χ2n) is 3.69. The fraction of sp³-hybridized carbons (Fsp3) is 0.0714. The fourth-order valence-electron chi connectivity index (χ4n) is 1.49. The van der Waals surface area contributed by atoms with Gasteiger partial charge in [0.25, 0.3) is 0 Å². The maximum absolute atomic E-state index is 11.8. The summed E-state index contributed by atoms with van der Waals surface area (Å²) >= 11 is 8.30. The highest BCUT2D eigenvalue weighted by Crippen LogP contribution is 2.33. The van der Waals surface area contributed by atoms with E-state index in [1.807, 2.05) is 36.4 Å². The zero-order chi connectivity index (χ0) is 13.8. The van der Waals surface area contributed by atoms with Crippen LogP contribution in [-0.2, 0) is 4.74 Å². The lowest BCUT2D eigenvalue weighted by Gasteiger charge is -2.08. The van der Waals surface area contributed by atoms with E-state index in [0.29, 0.717) is 5.56 Å². The summed E-state index contributed by atoms with van der Waals surface area (Å²) < 4.78 is 6.69. The van der Waals surface area contributed by atoms with Gasteiger partial charge in [-0.15, -0.1) is 0 Å². The van der Waals surface area contributed by atoms with Crippen LogP contribution in [0, 0.1) is 0 Å². The molecule has 2 rings (SSSR count). The molecule has 0 bridgehead atoms. The molecule has 0 aliphatic rings. The molecule has 2 aromatic rings. The van der Waals surface area contributed by atoms with Crippen molar-refractivity contribution in [3.8, 4) is 0 Å². The molecule has 98 valence electrons. The van der Waals surface area contributed by atoms with E-state index in [-0.39, 0.29) is 5.97 Å². The Morgan fingerprint density at radius 3 is 2.32 bits per heavy atom. The third-order valence-electron chi connectivity index (χ3n) is 2.39. The number of esters is 1. The van der Waals surface area contributed by atoms with E-state index in [9.17, 15) is 4.79 Å². The van der Waals surface area contributed by atoms with Crippen molar-refractivity contribution in [3.63, 3.8) is 0 Å². The molecule has 2 aromatic carbocycles. The van der Waals surface area contributed by atoms with E-state index in [1.54, 1.807) is 6.07 Å². The number of benzene rings is 2. The quantitative estimate of drug-likeness (QED) is 0.665. The standard InChI is InChI=1S/C14H10Br2O2S/c1-18-14(17)12-8-10(16)4-7-13(12)19-11-5-2-9(15)3-6-11/h2-8H,1H3. The van der Waals surface area contributed by atoms with Crippen LogP contribution in [-0.4, -0.2) is 13.1 Å². The number of hydrogen-bond donors (Lipinski definition) is 0. The molecule has 2 nitrogen and oxygen atoms in total. The van der Waals surface area contributed by atoms with Crippen molar-refractivity contribution in [3.05, 3.63) is 57.0 Å². The van der Waals surface area contributed by atoms with Crippen LogP contribution in [0.1, 0.15) is 10.4 Å². The number of hydrogen-bond acceptors (Lipinski definition) is 3. The number of carbonyl (C=O) groups is 1. The van der Waals surface area contributed by atoms with Crippen molar-refractivity contribution in [2.75, 3.05) is 7.11 Å². The first-order valence-corrected chi connectivity index (χ1v) is 7.81. The number of methoxy groups -OCH3 is 1. The highest BCUT2D eigenvalue weighted by atomic mass is 79.9. The summed E-state index contributed by atoms with van der Waals surface area (Å²) in [5.41, 5.74) is 0.560. The highest BCUT2D eigenvalue weighted by molar-refractivity contribution is 9.10. The fourth-order valence-corrected chi connectivity index (χ4v) is 3.03. The molecule has 0 aromatic heterocycles. The van der Waals surface area contributed by atoms with Gasteiger partial charge >= 0.3 is 5.97 Å². The highest BCUT2D eigenvalue weighted by Gasteiger charge is 2.13. The molecule has 0 spiro atoms. The monoisotopic (exact) mass is 400 g/mol. The number of carbonyl (C=O) groups excluding carboxylic acids is 1. The van der Waals surface area contributed by atoms with Gasteiger partial charge in [-0.05, 0) is 42.5 Å². The lowest BCUT2D eigenvalue weighted by Crippen LogP contribution is -2.03. The van der Waals surface area contributed by atoms with Gasteiger partial charge in [-0.1, -0.05) is 43.6 Å². The summed E-state index contributed by atoms with van der Waals surface area (Å²) in [5.74, 6) is -0.332. The molecule has 0 N–H and O–H groups in total. The van der Waals surface area contributed by atoms with Crippen molar-refractivity contribution in [2.24, 2.45) is 0 Å². The van der Waals surface area contributed by atoms with E-state index < -0.39 is 0 Å². The SMILES string of the molecule is COC(=O)c1cc(Br)ccc1Sc1ccc(Br)cc1. The van der Waals surface area contributed by atoms with Crippen LogP contribution < -0.4 is 0 Å². The number of rotatable bonds is 3. The summed E-state index contributed by atoms with van der Waals surface area (Å²) in [6, 6.07) is 13.5. The van der Waals surface area contributed by atoms with Crippen LogP contribution >= 0.6 is 43.6 Å². The Hall–Kier alpha value is -0.780. The maximum Gasteiger partial charge on any atom is 0.339 e. The van der Waals surface area contributed by atoms with E-state index >= 15 is 0 Å². The molecule has 0 heterocycles. The minimum absolute atomic E-state index is 0.332. The third kappa shape index (κ3) is 3.84. The molecule has 0 aliphatic carbocycles. The minimum Gasteiger partial charge on any atom is -0.465 e. The lowest BCUT2D eigenvalue weighted by molar-refractivity contribution is 0.0596. The molecule has 19 heavy (non-hydrogen) atoms. The molecular weight excluding hydrogens is 392 g/mol.